The van der Waals surface area contributed by atoms with E-state index in [9.17, 15) is 8.42 Å². The highest BCUT2D eigenvalue weighted by atomic mass is 32.2. The molecule has 1 saturated heterocycles. The largest absolute Gasteiger partial charge is 0.399 e. The summed E-state index contributed by atoms with van der Waals surface area (Å²) in [7, 11) is -3.54. The van der Waals surface area contributed by atoms with Crippen LogP contribution in [0.15, 0.2) is 23.1 Å². The quantitative estimate of drug-likeness (QED) is 0.816. The van der Waals surface area contributed by atoms with Crippen molar-refractivity contribution in [1.29, 1.82) is 0 Å². The van der Waals surface area contributed by atoms with Crippen molar-refractivity contribution in [2.75, 3.05) is 18.9 Å². The van der Waals surface area contributed by atoms with Crippen molar-refractivity contribution < 1.29 is 13.2 Å². The zero-order chi connectivity index (χ0) is 13.9. The van der Waals surface area contributed by atoms with E-state index in [1.54, 1.807) is 12.1 Å². The molecule has 0 saturated carbocycles. The predicted molar refractivity (Wildman–Crippen MR) is 74.4 cm³/mol. The first-order valence-corrected chi connectivity index (χ1v) is 7.99. The lowest BCUT2D eigenvalue weighted by Crippen LogP contribution is -2.40. The molecule has 2 rings (SSSR count). The van der Waals surface area contributed by atoms with Gasteiger partial charge in [0, 0.05) is 18.3 Å². The van der Waals surface area contributed by atoms with Gasteiger partial charge in [0.05, 0.1) is 11.5 Å². The number of hydrogen-bond donors (Lipinski definition) is 2. The molecule has 1 aliphatic heterocycles. The summed E-state index contributed by atoms with van der Waals surface area (Å²) < 4.78 is 32.8. The third-order valence-electron chi connectivity index (χ3n) is 3.24. The van der Waals surface area contributed by atoms with Crippen molar-refractivity contribution in [3.8, 4) is 0 Å². The topological polar surface area (TPSA) is 81.4 Å². The molecular formula is C13H20N2O3S. The molecular weight excluding hydrogens is 264 g/mol. The molecule has 0 spiro atoms. The van der Waals surface area contributed by atoms with Gasteiger partial charge in [-0.2, -0.15) is 0 Å². The van der Waals surface area contributed by atoms with Crippen LogP contribution in [-0.2, 0) is 21.2 Å². The minimum Gasteiger partial charge on any atom is -0.399 e. The number of nitrogens with two attached hydrogens (primary N) is 1. The van der Waals surface area contributed by atoms with E-state index in [4.69, 9.17) is 10.5 Å². The molecule has 1 atom stereocenters. The molecule has 1 heterocycles. The van der Waals surface area contributed by atoms with Gasteiger partial charge in [0.2, 0.25) is 10.0 Å². The minimum atomic E-state index is -3.54. The van der Waals surface area contributed by atoms with Crippen molar-refractivity contribution >= 4 is 15.7 Å². The van der Waals surface area contributed by atoms with E-state index in [0.29, 0.717) is 25.3 Å². The van der Waals surface area contributed by atoms with Gasteiger partial charge in [-0.3, -0.25) is 0 Å². The average molecular weight is 284 g/mol. The van der Waals surface area contributed by atoms with Gasteiger partial charge in [-0.05, 0) is 37.0 Å². The summed E-state index contributed by atoms with van der Waals surface area (Å²) in [4.78, 5) is 0.278. The van der Waals surface area contributed by atoms with Crippen molar-refractivity contribution in [3.63, 3.8) is 0 Å². The molecule has 1 aromatic carbocycles. The van der Waals surface area contributed by atoms with Crippen molar-refractivity contribution in [3.05, 3.63) is 23.8 Å². The van der Waals surface area contributed by atoms with E-state index in [-0.39, 0.29) is 10.9 Å². The minimum absolute atomic E-state index is 0.148. The number of hydrogen-bond acceptors (Lipinski definition) is 4. The lowest BCUT2D eigenvalue weighted by molar-refractivity contribution is 0.0774. The SMILES string of the molecule is CCc1ccc(N)cc1S(=O)(=O)NC1CCCOC1. The Labute approximate surface area is 114 Å². The lowest BCUT2D eigenvalue weighted by atomic mass is 10.1. The first-order valence-electron chi connectivity index (χ1n) is 6.51. The Kier molecular flexibility index (Phi) is 4.44. The van der Waals surface area contributed by atoms with E-state index in [2.05, 4.69) is 4.72 Å². The van der Waals surface area contributed by atoms with Crippen LogP contribution in [-0.4, -0.2) is 27.7 Å². The second-order valence-electron chi connectivity index (χ2n) is 4.76. The molecule has 1 fully saturated rings. The predicted octanol–water partition coefficient (Wildman–Crippen LogP) is 1.29. The second kappa shape index (κ2) is 5.90. The number of nitrogens with one attached hydrogen (secondary N) is 1. The number of ether oxygens (including phenoxy) is 1. The molecule has 1 aliphatic rings. The van der Waals surface area contributed by atoms with Gasteiger partial charge < -0.3 is 10.5 Å². The van der Waals surface area contributed by atoms with Crippen LogP contribution < -0.4 is 10.5 Å². The second-order valence-corrected chi connectivity index (χ2v) is 6.44. The maximum atomic E-state index is 12.4. The first-order chi connectivity index (χ1) is 9.03. The van der Waals surface area contributed by atoms with Gasteiger partial charge in [-0.15, -0.1) is 0 Å². The molecule has 6 heteroatoms. The number of benzene rings is 1. The summed E-state index contributed by atoms with van der Waals surface area (Å²) in [6.45, 7) is 3.06. The Morgan fingerprint density at radius 3 is 2.89 bits per heavy atom. The standard InChI is InChI=1S/C13H20N2O3S/c1-2-10-5-6-11(14)8-13(10)19(16,17)15-12-4-3-7-18-9-12/h5-6,8,12,15H,2-4,7,9,14H2,1H3. The molecule has 0 aliphatic carbocycles. The number of nitrogen functional groups attached to an aromatic ring is 1. The maximum Gasteiger partial charge on any atom is 0.241 e. The van der Waals surface area contributed by atoms with Crippen LogP contribution in [0.3, 0.4) is 0 Å². The number of rotatable bonds is 4. The fraction of sp³-hybridized carbons (Fsp3) is 0.538. The summed E-state index contributed by atoms with van der Waals surface area (Å²) in [6, 6.07) is 4.86. The van der Waals surface area contributed by atoms with Gasteiger partial charge >= 0.3 is 0 Å². The third-order valence-corrected chi connectivity index (χ3v) is 4.85. The van der Waals surface area contributed by atoms with E-state index in [1.165, 1.54) is 6.07 Å². The third kappa shape index (κ3) is 3.46. The first kappa shape index (κ1) is 14.3. The molecule has 0 aromatic heterocycles. The normalized spacial score (nSPS) is 20.4. The Balaban J connectivity index is 2.25. The van der Waals surface area contributed by atoms with Crippen LogP contribution in [0, 0.1) is 0 Å². The number of aryl methyl sites for hydroxylation is 1. The molecule has 1 unspecified atom stereocenters. The summed E-state index contributed by atoms with van der Waals surface area (Å²) in [5, 5.41) is 0. The van der Waals surface area contributed by atoms with Crippen molar-refractivity contribution in [1.82, 2.24) is 4.72 Å². The van der Waals surface area contributed by atoms with Crippen LogP contribution in [0.25, 0.3) is 0 Å². The smallest absolute Gasteiger partial charge is 0.241 e. The molecule has 0 radical (unpaired) electrons. The molecule has 3 N–H and O–H groups in total. The highest BCUT2D eigenvalue weighted by Gasteiger charge is 2.24. The fourth-order valence-corrected chi connectivity index (χ4v) is 3.83. The summed E-state index contributed by atoms with van der Waals surface area (Å²) >= 11 is 0. The number of anilines is 1. The van der Waals surface area contributed by atoms with Crippen LogP contribution in [0.4, 0.5) is 5.69 Å². The van der Waals surface area contributed by atoms with E-state index < -0.39 is 10.0 Å². The highest BCUT2D eigenvalue weighted by Crippen LogP contribution is 2.21. The van der Waals surface area contributed by atoms with Crippen LogP contribution in [0.5, 0.6) is 0 Å². The van der Waals surface area contributed by atoms with E-state index in [1.807, 2.05) is 6.92 Å². The fourth-order valence-electron chi connectivity index (χ4n) is 2.23. The maximum absolute atomic E-state index is 12.4. The van der Waals surface area contributed by atoms with Crippen molar-refractivity contribution in [2.24, 2.45) is 0 Å². The summed E-state index contributed by atoms with van der Waals surface area (Å²) in [5.74, 6) is 0. The Morgan fingerprint density at radius 1 is 1.47 bits per heavy atom. The Bertz CT molecular complexity index is 537. The van der Waals surface area contributed by atoms with Gasteiger partial charge in [0.15, 0.2) is 0 Å². The van der Waals surface area contributed by atoms with Gasteiger partial charge in [-0.25, -0.2) is 13.1 Å². The molecule has 5 nitrogen and oxygen atoms in total. The van der Waals surface area contributed by atoms with Gasteiger partial charge in [0.1, 0.15) is 0 Å². The molecule has 106 valence electrons. The van der Waals surface area contributed by atoms with Gasteiger partial charge in [-0.1, -0.05) is 13.0 Å². The van der Waals surface area contributed by atoms with E-state index >= 15 is 0 Å². The van der Waals surface area contributed by atoms with Crippen molar-refractivity contribution in [2.45, 2.75) is 37.1 Å². The number of sulfonamides is 1. The van der Waals surface area contributed by atoms with Crippen LogP contribution in [0.2, 0.25) is 0 Å². The zero-order valence-corrected chi connectivity index (χ0v) is 11.9. The monoisotopic (exact) mass is 284 g/mol. The summed E-state index contributed by atoms with van der Waals surface area (Å²) in [5.41, 5.74) is 6.93. The molecule has 0 amide bonds. The average Bonchev–Trinajstić information content (AvgIpc) is 2.39. The van der Waals surface area contributed by atoms with E-state index in [0.717, 1.165) is 18.4 Å². The van der Waals surface area contributed by atoms with Gasteiger partial charge in [0.25, 0.3) is 0 Å². The Hall–Kier alpha value is -1.11. The molecule has 1 aromatic rings. The zero-order valence-electron chi connectivity index (χ0n) is 11.1. The lowest BCUT2D eigenvalue weighted by Gasteiger charge is -2.23. The summed E-state index contributed by atoms with van der Waals surface area (Å²) in [6.07, 6.45) is 2.34. The molecule has 19 heavy (non-hydrogen) atoms. The van der Waals surface area contributed by atoms with Crippen LogP contribution in [0.1, 0.15) is 25.3 Å². The Morgan fingerprint density at radius 2 is 2.26 bits per heavy atom. The van der Waals surface area contributed by atoms with Crippen LogP contribution >= 0.6 is 0 Å². The molecule has 0 bridgehead atoms. The highest BCUT2D eigenvalue weighted by molar-refractivity contribution is 7.89.